The lowest BCUT2D eigenvalue weighted by Gasteiger charge is -2.53. The zero-order valence-electron chi connectivity index (χ0n) is 28.2. The fourth-order valence-corrected chi connectivity index (χ4v) is 8.69. The number of hydrogen-bond acceptors (Lipinski definition) is 12. The third-order valence-electron chi connectivity index (χ3n) is 10.2. The van der Waals surface area contributed by atoms with Crippen LogP contribution in [-0.4, -0.2) is 61.3 Å². The van der Waals surface area contributed by atoms with Crippen LogP contribution in [0.15, 0.2) is 109 Å². The molecular weight excluding hydrogens is 696 g/mol. The van der Waals surface area contributed by atoms with Crippen LogP contribution in [0.1, 0.15) is 68.9 Å². The maximum atomic E-state index is 10.9. The summed E-state index contributed by atoms with van der Waals surface area (Å²) in [5.74, 6) is -10.0. The van der Waals surface area contributed by atoms with Crippen molar-refractivity contribution in [2.45, 2.75) is 35.5 Å². The molecule has 0 radical (unpaired) electrons. The second-order valence-electron chi connectivity index (χ2n) is 13.9. The van der Waals surface area contributed by atoms with Crippen LogP contribution in [-0.2, 0) is 0 Å². The summed E-state index contributed by atoms with van der Waals surface area (Å²) < 4.78 is 0. The molecule has 54 heavy (non-hydrogen) atoms. The van der Waals surface area contributed by atoms with Crippen LogP contribution >= 0.6 is 0 Å². The summed E-state index contributed by atoms with van der Waals surface area (Å²) in [6, 6.07) is 23.4. The van der Waals surface area contributed by atoms with Gasteiger partial charge in [0.25, 0.3) is 0 Å². The largest absolute Gasteiger partial charge is 0.508 e. The number of benzene rings is 6. The second-order valence-corrected chi connectivity index (χ2v) is 13.9. The first-order valence-electron chi connectivity index (χ1n) is 16.8. The van der Waals surface area contributed by atoms with Gasteiger partial charge in [-0.15, -0.1) is 0 Å². The number of phenols is 12. The van der Waals surface area contributed by atoms with Crippen LogP contribution in [0.3, 0.4) is 0 Å². The quantitative estimate of drug-likeness (QED) is 0.0816. The van der Waals surface area contributed by atoms with Gasteiger partial charge in [0.1, 0.15) is 69.0 Å². The van der Waals surface area contributed by atoms with Gasteiger partial charge in [0.2, 0.25) is 0 Å². The van der Waals surface area contributed by atoms with Crippen molar-refractivity contribution in [3.8, 4) is 69.0 Å². The highest BCUT2D eigenvalue weighted by molar-refractivity contribution is 5.56. The lowest BCUT2D eigenvalue weighted by molar-refractivity contribution is 0.225. The van der Waals surface area contributed by atoms with E-state index in [2.05, 4.69) is 0 Å². The molecule has 12 heteroatoms. The topological polar surface area (TPSA) is 243 Å². The molecule has 6 aromatic rings. The Morgan fingerprint density at radius 1 is 0.167 bits per heavy atom. The van der Waals surface area contributed by atoms with E-state index in [4.69, 9.17) is 0 Å². The molecular formula is C42H36O12. The molecule has 1 saturated carbocycles. The van der Waals surface area contributed by atoms with Crippen LogP contribution in [0.2, 0.25) is 0 Å². The van der Waals surface area contributed by atoms with Crippen molar-refractivity contribution < 1.29 is 61.3 Å². The maximum Gasteiger partial charge on any atom is 0.119 e. The van der Waals surface area contributed by atoms with Crippen LogP contribution in [0, 0.1) is 0 Å². The van der Waals surface area contributed by atoms with Crippen molar-refractivity contribution in [1.29, 1.82) is 0 Å². The van der Waals surface area contributed by atoms with Gasteiger partial charge in [-0.3, -0.25) is 0 Å². The van der Waals surface area contributed by atoms with Gasteiger partial charge in [0, 0.05) is 36.4 Å². The number of phenolic OH excluding ortho intramolecular Hbond substituents is 12. The molecule has 1 aliphatic rings. The molecule has 0 bridgehead atoms. The lowest BCUT2D eigenvalue weighted by atomic mass is 9.49. The van der Waals surface area contributed by atoms with Gasteiger partial charge in [-0.05, 0) is 142 Å². The molecule has 0 aromatic heterocycles. The van der Waals surface area contributed by atoms with Crippen molar-refractivity contribution in [1.82, 2.24) is 0 Å². The third-order valence-corrected chi connectivity index (χ3v) is 10.2. The highest BCUT2D eigenvalue weighted by Gasteiger charge is 2.54. The Kier molecular flexibility index (Phi) is 8.82. The SMILES string of the molecule is Oc1cc(O)cc(C2C(c3cc(O)cc(O)c3)C(c3cc(O)cc(O)c3)C(c3cc(O)cc(O)c3)C(c3cc(O)cc(O)c3)C2c2cc(O)cc(O)c2)c1. The van der Waals surface area contributed by atoms with Gasteiger partial charge in [-0.25, -0.2) is 0 Å². The first kappa shape index (κ1) is 35.3. The Labute approximate surface area is 307 Å². The highest BCUT2D eigenvalue weighted by Crippen LogP contribution is 2.68. The Hall–Kier alpha value is -7.08. The van der Waals surface area contributed by atoms with Crippen LogP contribution < -0.4 is 0 Å². The van der Waals surface area contributed by atoms with Crippen LogP contribution in [0.4, 0.5) is 0 Å². The van der Waals surface area contributed by atoms with Crippen molar-refractivity contribution in [3.63, 3.8) is 0 Å². The summed E-state index contributed by atoms with van der Waals surface area (Å²) in [7, 11) is 0. The number of hydrogen-bond donors (Lipinski definition) is 12. The van der Waals surface area contributed by atoms with E-state index in [9.17, 15) is 61.3 Å². The summed E-state index contributed by atoms with van der Waals surface area (Å²) in [4.78, 5) is 0. The minimum atomic E-state index is -1.00. The van der Waals surface area contributed by atoms with Gasteiger partial charge in [-0.1, -0.05) is 0 Å². The van der Waals surface area contributed by atoms with E-state index in [1.807, 2.05) is 0 Å². The summed E-state index contributed by atoms with van der Waals surface area (Å²) in [5.41, 5.74) is 1.72. The Morgan fingerprint density at radius 3 is 0.352 bits per heavy atom. The summed E-state index contributed by atoms with van der Waals surface area (Å²) in [6.07, 6.45) is 0. The molecule has 0 saturated heterocycles. The summed E-state index contributed by atoms with van der Waals surface area (Å²) in [5, 5.41) is 131. The molecule has 1 fully saturated rings. The normalized spacial score (nSPS) is 21.1. The molecule has 7 rings (SSSR count). The smallest absolute Gasteiger partial charge is 0.119 e. The van der Waals surface area contributed by atoms with Crippen molar-refractivity contribution in [3.05, 3.63) is 143 Å². The average Bonchev–Trinajstić information content (AvgIpc) is 3.04. The zero-order valence-corrected chi connectivity index (χ0v) is 28.2. The Balaban J connectivity index is 1.72. The highest BCUT2D eigenvalue weighted by atomic mass is 16.3. The zero-order chi connectivity index (χ0) is 38.6. The molecule has 0 heterocycles. The van der Waals surface area contributed by atoms with E-state index in [0.29, 0.717) is 0 Å². The van der Waals surface area contributed by atoms with E-state index in [0.717, 1.165) is 36.4 Å². The predicted octanol–water partition coefficient (Wildman–Crippen LogP) is 7.17. The monoisotopic (exact) mass is 732 g/mol. The van der Waals surface area contributed by atoms with E-state index in [-0.39, 0.29) is 102 Å². The molecule has 0 atom stereocenters. The van der Waals surface area contributed by atoms with Gasteiger partial charge in [0.05, 0.1) is 0 Å². The fourth-order valence-electron chi connectivity index (χ4n) is 8.69. The Bertz CT molecular complexity index is 1830. The molecule has 12 nitrogen and oxygen atoms in total. The minimum Gasteiger partial charge on any atom is -0.508 e. The van der Waals surface area contributed by atoms with Gasteiger partial charge in [0.15, 0.2) is 0 Å². The summed E-state index contributed by atoms with van der Waals surface area (Å²) in [6.45, 7) is 0. The van der Waals surface area contributed by atoms with Crippen molar-refractivity contribution >= 4 is 0 Å². The molecule has 0 aliphatic heterocycles. The molecule has 6 aromatic carbocycles. The molecule has 0 unspecified atom stereocenters. The van der Waals surface area contributed by atoms with E-state index < -0.39 is 35.5 Å². The van der Waals surface area contributed by atoms with Gasteiger partial charge >= 0.3 is 0 Å². The average molecular weight is 733 g/mol. The van der Waals surface area contributed by atoms with Gasteiger partial charge < -0.3 is 61.3 Å². The lowest BCUT2D eigenvalue weighted by Crippen LogP contribution is -2.40. The molecule has 12 N–H and O–H groups in total. The van der Waals surface area contributed by atoms with E-state index >= 15 is 0 Å². The predicted molar refractivity (Wildman–Crippen MR) is 195 cm³/mol. The van der Waals surface area contributed by atoms with Gasteiger partial charge in [-0.2, -0.15) is 0 Å². The number of rotatable bonds is 6. The third kappa shape index (κ3) is 6.80. The molecule has 0 amide bonds. The fraction of sp³-hybridized carbons (Fsp3) is 0.143. The standard InChI is InChI=1S/C42H36O12/c43-25-1-19(2-26(44)13-25)37-38(20-3-27(45)14-28(46)4-20)40(22-7-31(49)16-32(50)8-22)42(24-11-35(53)18-36(54)12-24)41(23-9-33(51)17-34(52)10-23)39(37)21-5-29(47)15-30(48)6-21/h1-18,37-54H. The number of aromatic hydroxyl groups is 12. The Morgan fingerprint density at radius 2 is 0.259 bits per heavy atom. The summed E-state index contributed by atoms with van der Waals surface area (Å²) >= 11 is 0. The van der Waals surface area contributed by atoms with E-state index in [1.165, 1.54) is 72.8 Å². The second kappa shape index (κ2) is 13.5. The first-order chi connectivity index (χ1) is 25.6. The minimum absolute atomic E-state index is 0.286. The molecule has 276 valence electrons. The maximum absolute atomic E-state index is 10.9. The van der Waals surface area contributed by atoms with Crippen molar-refractivity contribution in [2.24, 2.45) is 0 Å². The first-order valence-corrected chi connectivity index (χ1v) is 16.8. The van der Waals surface area contributed by atoms with Crippen LogP contribution in [0.25, 0.3) is 0 Å². The van der Waals surface area contributed by atoms with Crippen LogP contribution in [0.5, 0.6) is 69.0 Å². The molecule has 1 aliphatic carbocycles. The molecule has 0 spiro atoms. The van der Waals surface area contributed by atoms with E-state index in [1.54, 1.807) is 0 Å². The van der Waals surface area contributed by atoms with Crippen molar-refractivity contribution in [2.75, 3.05) is 0 Å².